The Morgan fingerprint density at radius 2 is 1.68 bits per heavy atom. The number of hydrogen-bond donors (Lipinski definition) is 1. The summed E-state index contributed by atoms with van der Waals surface area (Å²) < 4.78 is 34.1. The minimum absolute atomic E-state index is 0.189. The van der Waals surface area contributed by atoms with E-state index < -0.39 is 10.0 Å². The molecule has 0 unspecified atom stereocenters. The van der Waals surface area contributed by atoms with E-state index in [0.717, 1.165) is 79.5 Å². The predicted octanol–water partition coefficient (Wildman–Crippen LogP) is 3.42. The second-order valence-corrected chi connectivity index (χ2v) is 12.7. The zero-order valence-corrected chi connectivity index (χ0v) is 23.4. The van der Waals surface area contributed by atoms with Crippen molar-refractivity contribution in [3.8, 4) is 5.75 Å². The first-order valence-corrected chi connectivity index (χ1v) is 15.5. The van der Waals surface area contributed by atoms with Crippen LogP contribution in [-0.2, 0) is 10.0 Å². The fraction of sp³-hybridized carbons (Fsp3) is 0.481. The van der Waals surface area contributed by atoms with Crippen molar-refractivity contribution < 1.29 is 17.9 Å². The van der Waals surface area contributed by atoms with E-state index in [1.807, 2.05) is 12.1 Å². The largest absolute Gasteiger partial charge is 0.494 e. The molecule has 3 heterocycles. The Hall–Kier alpha value is -2.73. The molecule has 9 nitrogen and oxygen atoms in total. The van der Waals surface area contributed by atoms with Crippen LogP contribution in [-0.4, -0.2) is 88.0 Å². The number of ether oxygens (including phenoxy) is 1. The van der Waals surface area contributed by atoms with Crippen LogP contribution in [0.3, 0.4) is 0 Å². The number of carbonyl (C=O) groups is 1. The van der Waals surface area contributed by atoms with Crippen molar-refractivity contribution in [2.45, 2.75) is 30.6 Å². The van der Waals surface area contributed by atoms with Crippen LogP contribution in [0.15, 0.2) is 47.4 Å². The van der Waals surface area contributed by atoms with Gasteiger partial charge in [-0.05, 0) is 49.2 Å². The lowest BCUT2D eigenvalue weighted by Crippen LogP contribution is -2.48. The SMILES string of the molecule is COc1cccc2sc(N3CCN(CCNC(=O)c4ccc(S(=O)(=O)N5CCCCCC5)cc4)CC3)nc12. The van der Waals surface area contributed by atoms with Crippen LogP contribution >= 0.6 is 11.3 Å². The molecule has 1 amide bonds. The first-order chi connectivity index (χ1) is 18.5. The molecule has 5 rings (SSSR count). The third-order valence-corrected chi connectivity index (χ3v) is 10.3. The van der Waals surface area contributed by atoms with Gasteiger partial charge in [-0.25, -0.2) is 13.4 Å². The van der Waals surface area contributed by atoms with Gasteiger partial charge in [0.1, 0.15) is 11.3 Å². The van der Waals surface area contributed by atoms with Crippen molar-refractivity contribution in [2.24, 2.45) is 0 Å². The molecule has 0 atom stereocenters. The fourth-order valence-corrected chi connectivity index (χ4v) is 7.57. The highest BCUT2D eigenvalue weighted by Crippen LogP contribution is 2.34. The van der Waals surface area contributed by atoms with Crippen LogP contribution in [0.4, 0.5) is 5.13 Å². The number of piperazine rings is 1. The van der Waals surface area contributed by atoms with Crippen molar-refractivity contribution in [2.75, 3.05) is 64.4 Å². The average molecular weight is 558 g/mol. The zero-order chi connectivity index (χ0) is 26.5. The molecule has 2 aromatic carbocycles. The van der Waals surface area contributed by atoms with E-state index in [1.54, 1.807) is 47.0 Å². The number of amides is 1. The highest BCUT2D eigenvalue weighted by molar-refractivity contribution is 7.89. The smallest absolute Gasteiger partial charge is 0.251 e. The van der Waals surface area contributed by atoms with E-state index in [2.05, 4.69) is 21.2 Å². The molecule has 0 saturated carbocycles. The quantitative estimate of drug-likeness (QED) is 0.454. The molecule has 2 fully saturated rings. The summed E-state index contributed by atoms with van der Waals surface area (Å²) in [5.74, 6) is 0.610. The van der Waals surface area contributed by atoms with Gasteiger partial charge in [-0.2, -0.15) is 4.31 Å². The number of para-hydroxylation sites is 1. The summed E-state index contributed by atoms with van der Waals surface area (Å²) in [6.45, 7) is 5.96. The highest BCUT2D eigenvalue weighted by atomic mass is 32.2. The maximum atomic E-state index is 13.0. The Kier molecular flexibility index (Phi) is 8.47. The van der Waals surface area contributed by atoms with Gasteiger partial charge in [0.15, 0.2) is 5.13 Å². The van der Waals surface area contributed by atoms with Crippen molar-refractivity contribution in [1.29, 1.82) is 0 Å². The number of hydrogen-bond acceptors (Lipinski definition) is 8. The average Bonchev–Trinajstić information content (AvgIpc) is 3.19. The number of methoxy groups -OCH3 is 1. The molecule has 1 aromatic heterocycles. The zero-order valence-electron chi connectivity index (χ0n) is 21.8. The summed E-state index contributed by atoms with van der Waals surface area (Å²) in [5, 5.41) is 3.98. The molecule has 2 aliphatic rings. The number of aromatic nitrogens is 1. The lowest BCUT2D eigenvalue weighted by atomic mass is 10.2. The van der Waals surface area contributed by atoms with Crippen LogP contribution in [0.5, 0.6) is 5.75 Å². The maximum absolute atomic E-state index is 13.0. The lowest BCUT2D eigenvalue weighted by Gasteiger charge is -2.34. The molecular weight excluding hydrogens is 522 g/mol. The number of benzene rings is 2. The molecule has 0 aliphatic carbocycles. The van der Waals surface area contributed by atoms with Crippen LogP contribution in [0.25, 0.3) is 10.2 Å². The number of carbonyl (C=O) groups excluding carboxylic acids is 1. The monoisotopic (exact) mass is 557 g/mol. The van der Waals surface area contributed by atoms with E-state index in [1.165, 1.54) is 0 Å². The third kappa shape index (κ3) is 5.96. The first kappa shape index (κ1) is 26.9. The van der Waals surface area contributed by atoms with Gasteiger partial charge >= 0.3 is 0 Å². The lowest BCUT2D eigenvalue weighted by molar-refractivity contribution is 0.0947. The minimum Gasteiger partial charge on any atom is -0.494 e. The Labute approximate surface area is 228 Å². The molecule has 11 heteroatoms. The molecule has 2 saturated heterocycles. The number of sulfonamides is 1. The number of nitrogens with zero attached hydrogens (tertiary/aromatic N) is 4. The number of fused-ring (bicyclic) bond motifs is 1. The van der Waals surface area contributed by atoms with Crippen molar-refractivity contribution in [1.82, 2.24) is 19.5 Å². The van der Waals surface area contributed by atoms with E-state index >= 15 is 0 Å². The van der Waals surface area contributed by atoms with Gasteiger partial charge in [0.05, 0.1) is 16.7 Å². The normalized spacial score (nSPS) is 17.9. The van der Waals surface area contributed by atoms with Gasteiger partial charge in [-0.1, -0.05) is 30.2 Å². The van der Waals surface area contributed by atoms with Gasteiger partial charge in [0.2, 0.25) is 10.0 Å². The van der Waals surface area contributed by atoms with Gasteiger partial charge in [0.25, 0.3) is 5.91 Å². The number of anilines is 1. The molecule has 1 N–H and O–H groups in total. The first-order valence-electron chi connectivity index (χ1n) is 13.2. The van der Waals surface area contributed by atoms with Crippen LogP contribution in [0, 0.1) is 0 Å². The van der Waals surface area contributed by atoms with Crippen LogP contribution in [0.2, 0.25) is 0 Å². The second-order valence-electron chi connectivity index (χ2n) is 9.73. The fourth-order valence-electron chi connectivity index (χ4n) is 5.01. The Morgan fingerprint density at radius 3 is 2.37 bits per heavy atom. The topological polar surface area (TPSA) is 95.1 Å². The van der Waals surface area contributed by atoms with Gasteiger partial charge in [0, 0.05) is 57.9 Å². The number of nitrogens with one attached hydrogen (secondary N) is 1. The van der Waals surface area contributed by atoms with Crippen molar-refractivity contribution in [3.63, 3.8) is 0 Å². The third-order valence-electron chi connectivity index (χ3n) is 7.27. The number of rotatable bonds is 8. The van der Waals surface area contributed by atoms with Gasteiger partial charge < -0.3 is 15.0 Å². The standard InChI is InChI=1S/C27H35N5O4S2/c1-36-23-7-6-8-24-25(23)29-27(37-24)31-19-17-30(18-20-31)16-13-28-26(33)21-9-11-22(12-10-21)38(34,35)32-14-4-2-3-5-15-32/h6-12H,2-5,13-20H2,1H3,(H,28,33). The summed E-state index contributed by atoms with van der Waals surface area (Å²) in [6.07, 6.45) is 3.93. The van der Waals surface area contributed by atoms with Crippen LogP contribution < -0.4 is 15.0 Å². The Bertz CT molecular complexity index is 1340. The van der Waals surface area contributed by atoms with Gasteiger partial charge in [-0.15, -0.1) is 0 Å². The highest BCUT2D eigenvalue weighted by Gasteiger charge is 2.25. The summed E-state index contributed by atoms with van der Waals surface area (Å²) in [4.78, 5) is 22.4. The summed E-state index contributed by atoms with van der Waals surface area (Å²) in [6, 6.07) is 12.3. The Morgan fingerprint density at radius 1 is 0.974 bits per heavy atom. The van der Waals surface area contributed by atoms with E-state index in [-0.39, 0.29) is 10.8 Å². The molecule has 3 aromatic rings. The summed E-state index contributed by atoms with van der Waals surface area (Å²) >= 11 is 1.68. The molecule has 0 radical (unpaired) electrons. The van der Waals surface area contributed by atoms with Crippen molar-refractivity contribution in [3.05, 3.63) is 48.0 Å². The maximum Gasteiger partial charge on any atom is 0.251 e. The predicted molar refractivity (Wildman–Crippen MR) is 151 cm³/mol. The second kappa shape index (κ2) is 12.0. The Balaban J connectivity index is 1.08. The molecular formula is C27H35N5O4S2. The molecule has 38 heavy (non-hydrogen) atoms. The summed E-state index contributed by atoms with van der Waals surface area (Å²) in [5.41, 5.74) is 1.38. The van der Waals surface area contributed by atoms with E-state index in [0.29, 0.717) is 25.2 Å². The van der Waals surface area contributed by atoms with Crippen molar-refractivity contribution >= 4 is 42.6 Å². The molecule has 2 aliphatic heterocycles. The van der Waals surface area contributed by atoms with E-state index in [9.17, 15) is 13.2 Å². The number of thiazole rings is 1. The molecule has 0 bridgehead atoms. The van der Waals surface area contributed by atoms with Crippen LogP contribution in [0.1, 0.15) is 36.0 Å². The molecule has 0 spiro atoms. The van der Waals surface area contributed by atoms with Gasteiger partial charge in [-0.3, -0.25) is 9.69 Å². The summed E-state index contributed by atoms with van der Waals surface area (Å²) in [7, 11) is -1.85. The van der Waals surface area contributed by atoms with E-state index in [4.69, 9.17) is 9.72 Å². The molecule has 204 valence electrons. The minimum atomic E-state index is -3.51.